The van der Waals surface area contributed by atoms with Crippen LogP contribution in [0.3, 0.4) is 0 Å². The van der Waals surface area contributed by atoms with Crippen LogP contribution < -0.4 is 0 Å². The summed E-state index contributed by atoms with van der Waals surface area (Å²) in [5.74, 6) is -0.662. The monoisotopic (exact) mass is 334 g/mol. The van der Waals surface area contributed by atoms with Gasteiger partial charge in [0.2, 0.25) is 6.29 Å². The lowest BCUT2D eigenvalue weighted by atomic mass is 9.98. The SMILES string of the molecule is CCC(CSOC(C)=O)[C@@H]1C[C@@H](OC(C)=O)C(OC(C)=O)O1. The predicted octanol–water partition coefficient (Wildman–Crippen LogP) is 1.83. The Labute approximate surface area is 134 Å². The van der Waals surface area contributed by atoms with E-state index in [0.29, 0.717) is 12.2 Å². The molecular formula is C14H22O7S. The number of hydrogen-bond acceptors (Lipinski definition) is 8. The number of carbonyl (C=O) groups excluding carboxylic acids is 3. The van der Waals surface area contributed by atoms with Crippen LogP contribution in [0, 0.1) is 5.92 Å². The number of carbonyl (C=O) groups is 3. The normalized spacial score (nSPS) is 25.4. The fourth-order valence-corrected chi connectivity index (χ4v) is 3.09. The van der Waals surface area contributed by atoms with Crippen molar-refractivity contribution in [1.29, 1.82) is 0 Å². The number of esters is 2. The first-order valence-corrected chi connectivity index (χ1v) is 8.04. The van der Waals surface area contributed by atoms with Crippen molar-refractivity contribution in [3.8, 4) is 0 Å². The lowest BCUT2D eigenvalue weighted by Gasteiger charge is -2.21. The zero-order chi connectivity index (χ0) is 16.7. The first-order chi connectivity index (χ1) is 10.3. The van der Waals surface area contributed by atoms with E-state index in [4.69, 9.17) is 18.4 Å². The molecule has 1 fully saturated rings. The van der Waals surface area contributed by atoms with E-state index in [2.05, 4.69) is 0 Å². The maximum absolute atomic E-state index is 11.1. The van der Waals surface area contributed by atoms with Crippen molar-refractivity contribution in [2.75, 3.05) is 5.75 Å². The van der Waals surface area contributed by atoms with Gasteiger partial charge < -0.3 is 18.4 Å². The van der Waals surface area contributed by atoms with Crippen LogP contribution in [0.2, 0.25) is 0 Å². The summed E-state index contributed by atoms with van der Waals surface area (Å²) < 4.78 is 20.8. The Morgan fingerprint density at radius 1 is 1.14 bits per heavy atom. The molecule has 0 aliphatic carbocycles. The second kappa shape index (κ2) is 8.99. The van der Waals surface area contributed by atoms with Crippen LogP contribution in [0.15, 0.2) is 0 Å². The maximum atomic E-state index is 11.1. The fourth-order valence-electron chi connectivity index (χ4n) is 2.24. The van der Waals surface area contributed by atoms with Crippen LogP contribution >= 0.6 is 12.0 Å². The Morgan fingerprint density at radius 2 is 1.77 bits per heavy atom. The molecule has 0 saturated carbocycles. The molecule has 1 aliphatic rings. The highest BCUT2D eigenvalue weighted by atomic mass is 32.2. The highest BCUT2D eigenvalue weighted by molar-refractivity contribution is 7.95. The maximum Gasteiger partial charge on any atom is 0.314 e. The molecule has 126 valence electrons. The van der Waals surface area contributed by atoms with Gasteiger partial charge in [0.15, 0.2) is 6.10 Å². The largest absolute Gasteiger partial charge is 0.456 e. The van der Waals surface area contributed by atoms with Crippen molar-refractivity contribution in [1.82, 2.24) is 0 Å². The molecule has 8 heteroatoms. The van der Waals surface area contributed by atoms with E-state index in [9.17, 15) is 14.4 Å². The molecule has 0 bridgehead atoms. The van der Waals surface area contributed by atoms with Crippen molar-refractivity contribution in [3.05, 3.63) is 0 Å². The van der Waals surface area contributed by atoms with Gasteiger partial charge in [-0.1, -0.05) is 6.92 Å². The summed E-state index contributed by atoms with van der Waals surface area (Å²) in [5.41, 5.74) is 0. The molecule has 0 spiro atoms. The highest BCUT2D eigenvalue weighted by Gasteiger charge is 2.42. The second-order valence-corrected chi connectivity index (χ2v) is 5.80. The molecule has 2 unspecified atom stereocenters. The first kappa shape index (κ1) is 18.8. The van der Waals surface area contributed by atoms with Gasteiger partial charge in [-0.25, -0.2) is 0 Å². The molecular weight excluding hydrogens is 312 g/mol. The van der Waals surface area contributed by atoms with Gasteiger partial charge in [0.1, 0.15) is 0 Å². The third-order valence-electron chi connectivity index (χ3n) is 3.19. The Balaban J connectivity index is 2.63. The standard InChI is InChI=1S/C14H22O7S/c1-5-11(7-22-21-10(4)17)12-6-13(18-8(2)15)14(20-12)19-9(3)16/h11-14H,5-7H2,1-4H3/t11?,12-,13+,14?/m0/s1. The van der Waals surface area contributed by atoms with Gasteiger partial charge in [0.05, 0.1) is 18.1 Å². The summed E-state index contributed by atoms with van der Waals surface area (Å²) in [6, 6.07) is 0. The summed E-state index contributed by atoms with van der Waals surface area (Å²) in [6.07, 6.45) is -0.505. The molecule has 1 aliphatic heterocycles. The summed E-state index contributed by atoms with van der Waals surface area (Å²) >= 11 is 1.07. The topological polar surface area (TPSA) is 88.1 Å². The minimum atomic E-state index is -0.890. The van der Waals surface area contributed by atoms with Gasteiger partial charge in [-0.15, -0.1) is 0 Å². The second-order valence-electron chi connectivity index (χ2n) is 5.06. The molecule has 22 heavy (non-hydrogen) atoms. The van der Waals surface area contributed by atoms with E-state index < -0.39 is 24.3 Å². The van der Waals surface area contributed by atoms with E-state index in [1.165, 1.54) is 20.8 Å². The third kappa shape index (κ3) is 6.23. The molecule has 1 heterocycles. The quantitative estimate of drug-likeness (QED) is 0.515. The van der Waals surface area contributed by atoms with Gasteiger partial charge in [-0.3, -0.25) is 14.4 Å². The number of hydrogen-bond donors (Lipinski definition) is 0. The molecule has 0 amide bonds. The minimum Gasteiger partial charge on any atom is -0.456 e. The van der Waals surface area contributed by atoms with Crippen LogP contribution in [-0.2, 0) is 32.8 Å². The Morgan fingerprint density at radius 3 is 2.27 bits per heavy atom. The van der Waals surface area contributed by atoms with Crippen LogP contribution in [0.25, 0.3) is 0 Å². The van der Waals surface area contributed by atoms with Crippen molar-refractivity contribution in [2.24, 2.45) is 5.92 Å². The average molecular weight is 334 g/mol. The summed E-state index contributed by atoms with van der Waals surface area (Å²) in [6.45, 7) is 5.90. The van der Waals surface area contributed by atoms with Crippen molar-refractivity contribution >= 4 is 30.0 Å². The molecule has 0 aromatic rings. The Kier molecular flexibility index (Phi) is 7.67. The smallest absolute Gasteiger partial charge is 0.314 e. The summed E-state index contributed by atoms with van der Waals surface area (Å²) in [5, 5.41) is 0. The van der Waals surface area contributed by atoms with Crippen LogP contribution in [0.4, 0.5) is 0 Å². The Bertz CT molecular complexity index is 388. The lowest BCUT2D eigenvalue weighted by molar-refractivity contribution is -0.196. The number of ether oxygens (including phenoxy) is 3. The average Bonchev–Trinajstić information content (AvgIpc) is 2.75. The zero-order valence-corrected chi connectivity index (χ0v) is 14.0. The molecule has 0 radical (unpaired) electrons. The van der Waals surface area contributed by atoms with Crippen LogP contribution in [-0.4, -0.2) is 42.2 Å². The van der Waals surface area contributed by atoms with E-state index in [1.807, 2.05) is 6.92 Å². The molecule has 0 aromatic carbocycles. The van der Waals surface area contributed by atoms with Crippen LogP contribution in [0.1, 0.15) is 40.5 Å². The van der Waals surface area contributed by atoms with Gasteiger partial charge in [-0.05, 0) is 12.3 Å². The van der Waals surface area contributed by atoms with Gasteiger partial charge in [-0.2, -0.15) is 0 Å². The molecule has 1 saturated heterocycles. The van der Waals surface area contributed by atoms with Crippen molar-refractivity contribution in [3.63, 3.8) is 0 Å². The van der Waals surface area contributed by atoms with Crippen molar-refractivity contribution < 1.29 is 32.8 Å². The van der Waals surface area contributed by atoms with E-state index in [0.717, 1.165) is 18.5 Å². The van der Waals surface area contributed by atoms with Gasteiger partial charge >= 0.3 is 17.9 Å². The molecule has 7 nitrogen and oxygen atoms in total. The predicted molar refractivity (Wildman–Crippen MR) is 78.6 cm³/mol. The van der Waals surface area contributed by atoms with E-state index >= 15 is 0 Å². The zero-order valence-electron chi connectivity index (χ0n) is 13.2. The number of rotatable bonds is 7. The molecule has 1 rings (SSSR count). The lowest BCUT2D eigenvalue weighted by Crippen LogP contribution is -2.30. The van der Waals surface area contributed by atoms with Gasteiger partial charge in [0, 0.05) is 32.9 Å². The highest BCUT2D eigenvalue weighted by Crippen LogP contribution is 2.32. The first-order valence-electron chi connectivity index (χ1n) is 7.13. The van der Waals surface area contributed by atoms with Gasteiger partial charge in [0.25, 0.3) is 0 Å². The fraction of sp³-hybridized carbons (Fsp3) is 0.786. The van der Waals surface area contributed by atoms with E-state index in [-0.39, 0.29) is 18.0 Å². The minimum absolute atomic E-state index is 0.0861. The molecule has 0 aromatic heterocycles. The summed E-state index contributed by atoms with van der Waals surface area (Å²) in [4.78, 5) is 33.1. The summed E-state index contributed by atoms with van der Waals surface area (Å²) in [7, 11) is 0. The Hall–Kier alpha value is -1.28. The van der Waals surface area contributed by atoms with Crippen molar-refractivity contribution in [2.45, 2.75) is 59.0 Å². The molecule has 4 atom stereocenters. The van der Waals surface area contributed by atoms with Crippen LogP contribution in [0.5, 0.6) is 0 Å². The third-order valence-corrected chi connectivity index (χ3v) is 4.10. The van der Waals surface area contributed by atoms with E-state index in [1.54, 1.807) is 0 Å². The molecule has 0 N–H and O–H groups in total.